The SMILES string of the molecule is C=CCOCC1(c2ccccc2)C(=O)N(c2ccc(C#N)c(C(F)(F)F)c2)C(=O)N1CC. The maximum atomic E-state index is 13.7. The lowest BCUT2D eigenvalue weighted by atomic mass is 9.88. The molecule has 0 bridgehead atoms. The molecule has 0 spiro atoms. The number of rotatable bonds is 7. The van der Waals surface area contributed by atoms with Crippen molar-refractivity contribution in [2.45, 2.75) is 18.6 Å². The van der Waals surface area contributed by atoms with Crippen LogP contribution in [-0.4, -0.2) is 36.6 Å². The van der Waals surface area contributed by atoms with Crippen LogP contribution in [0.5, 0.6) is 0 Å². The van der Waals surface area contributed by atoms with Crippen molar-refractivity contribution in [3.8, 4) is 6.07 Å². The second-order valence-corrected chi connectivity index (χ2v) is 7.04. The summed E-state index contributed by atoms with van der Waals surface area (Å²) >= 11 is 0. The minimum Gasteiger partial charge on any atom is -0.374 e. The van der Waals surface area contributed by atoms with Crippen LogP contribution in [-0.2, 0) is 21.2 Å². The summed E-state index contributed by atoms with van der Waals surface area (Å²) in [6, 6.07) is 11.9. The molecule has 1 aliphatic heterocycles. The van der Waals surface area contributed by atoms with E-state index in [2.05, 4.69) is 6.58 Å². The molecule has 1 atom stereocenters. The Hall–Kier alpha value is -3.64. The van der Waals surface area contributed by atoms with Crippen LogP contribution < -0.4 is 4.90 Å². The van der Waals surface area contributed by atoms with Gasteiger partial charge in [0.2, 0.25) is 0 Å². The molecule has 0 aromatic heterocycles. The average molecular weight is 443 g/mol. The molecule has 2 aromatic carbocycles. The van der Waals surface area contributed by atoms with Crippen molar-refractivity contribution in [2.24, 2.45) is 0 Å². The molecule has 9 heteroatoms. The van der Waals surface area contributed by atoms with Crippen molar-refractivity contribution in [2.75, 3.05) is 24.7 Å². The summed E-state index contributed by atoms with van der Waals surface area (Å²) in [5, 5.41) is 9.04. The van der Waals surface area contributed by atoms with Gasteiger partial charge in [-0.1, -0.05) is 36.4 Å². The van der Waals surface area contributed by atoms with Crippen LogP contribution >= 0.6 is 0 Å². The minimum absolute atomic E-state index is 0.107. The van der Waals surface area contributed by atoms with Gasteiger partial charge >= 0.3 is 12.2 Å². The number of ether oxygens (including phenoxy) is 1. The summed E-state index contributed by atoms with van der Waals surface area (Å²) in [6.07, 6.45) is -3.34. The molecule has 2 aromatic rings. The molecular weight excluding hydrogens is 423 g/mol. The fraction of sp³-hybridized carbons (Fsp3) is 0.261. The summed E-state index contributed by atoms with van der Waals surface area (Å²) < 4.78 is 46.0. The van der Waals surface area contributed by atoms with Crippen molar-refractivity contribution in [1.82, 2.24) is 4.90 Å². The van der Waals surface area contributed by atoms with E-state index in [0.29, 0.717) is 16.5 Å². The fourth-order valence-corrected chi connectivity index (χ4v) is 3.81. The first-order valence-corrected chi connectivity index (χ1v) is 9.74. The molecular formula is C23H20F3N3O3. The Morgan fingerprint density at radius 1 is 1.19 bits per heavy atom. The number of carbonyl (C=O) groups excluding carboxylic acids is 2. The van der Waals surface area contributed by atoms with Gasteiger partial charge in [0, 0.05) is 6.54 Å². The first-order chi connectivity index (χ1) is 15.2. The number of alkyl halides is 3. The van der Waals surface area contributed by atoms with Gasteiger partial charge in [0.15, 0.2) is 5.54 Å². The zero-order valence-electron chi connectivity index (χ0n) is 17.2. The first kappa shape index (κ1) is 23.0. The number of anilines is 1. The van der Waals surface area contributed by atoms with E-state index in [1.165, 1.54) is 17.0 Å². The number of nitriles is 1. The highest BCUT2D eigenvalue weighted by molar-refractivity contribution is 6.23. The third kappa shape index (κ3) is 3.74. The third-order valence-corrected chi connectivity index (χ3v) is 5.24. The minimum atomic E-state index is -4.83. The molecule has 1 saturated heterocycles. The second-order valence-electron chi connectivity index (χ2n) is 7.04. The Morgan fingerprint density at radius 3 is 2.44 bits per heavy atom. The zero-order valence-corrected chi connectivity index (χ0v) is 17.2. The molecule has 32 heavy (non-hydrogen) atoms. The normalized spacial score (nSPS) is 18.7. The quantitative estimate of drug-likeness (QED) is 0.360. The maximum Gasteiger partial charge on any atom is 0.417 e. The van der Waals surface area contributed by atoms with Crippen molar-refractivity contribution in [3.05, 3.63) is 77.9 Å². The van der Waals surface area contributed by atoms with E-state index in [9.17, 15) is 22.8 Å². The van der Waals surface area contributed by atoms with Gasteiger partial charge in [-0.3, -0.25) is 4.79 Å². The molecule has 6 nitrogen and oxygen atoms in total. The molecule has 166 valence electrons. The summed E-state index contributed by atoms with van der Waals surface area (Å²) in [5.41, 5.74) is -3.19. The lowest BCUT2D eigenvalue weighted by Gasteiger charge is -2.34. The molecule has 0 saturated carbocycles. The molecule has 0 radical (unpaired) electrons. The van der Waals surface area contributed by atoms with Crippen LogP contribution in [0.1, 0.15) is 23.6 Å². The van der Waals surface area contributed by atoms with Crippen molar-refractivity contribution in [3.63, 3.8) is 0 Å². The van der Waals surface area contributed by atoms with E-state index >= 15 is 0 Å². The van der Waals surface area contributed by atoms with Crippen LogP contribution in [0.25, 0.3) is 0 Å². The van der Waals surface area contributed by atoms with Crippen LogP contribution in [0.3, 0.4) is 0 Å². The number of halogens is 3. The van der Waals surface area contributed by atoms with Gasteiger partial charge in [-0.15, -0.1) is 6.58 Å². The van der Waals surface area contributed by atoms with Gasteiger partial charge in [-0.25, -0.2) is 9.69 Å². The summed E-state index contributed by atoms with van der Waals surface area (Å²) in [6.45, 7) is 5.25. The van der Waals surface area contributed by atoms with Gasteiger partial charge in [-0.05, 0) is 30.7 Å². The lowest BCUT2D eigenvalue weighted by Crippen LogP contribution is -2.50. The fourth-order valence-electron chi connectivity index (χ4n) is 3.81. The Kier molecular flexibility index (Phi) is 6.37. The Bertz CT molecular complexity index is 1080. The molecule has 1 heterocycles. The standard InChI is InChI=1S/C23H20F3N3O3/c1-3-12-32-15-22(17-8-6-5-7-9-17)20(30)29(21(31)28(22)4-2)18-11-10-16(14-27)19(13-18)23(24,25)26/h3,5-11,13H,1,4,12,15H2,2H3. The van der Waals surface area contributed by atoms with E-state index in [4.69, 9.17) is 10.00 Å². The number of hydrogen-bond acceptors (Lipinski definition) is 4. The number of benzene rings is 2. The van der Waals surface area contributed by atoms with Gasteiger partial charge < -0.3 is 9.64 Å². The molecule has 3 amide bonds. The van der Waals surface area contributed by atoms with E-state index in [1.54, 1.807) is 37.3 Å². The van der Waals surface area contributed by atoms with E-state index < -0.39 is 34.8 Å². The molecule has 0 N–H and O–H groups in total. The predicted molar refractivity (Wildman–Crippen MR) is 111 cm³/mol. The van der Waals surface area contributed by atoms with Crippen LogP contribution in [0.15, 0.2) is 61.2 Å². The van der Waals surface area contributed by atoms with Crippen LogP contribution in [0, 0.1) is 11.3 Å². The summed E-state index contributed by atoms with van der Waals surface area (Å²) in [7, 11) is 0. The second kappa shape index (κ2) is 8.85. The van der Waals surface area contributed by atoms with Crippen molar-refractivity contribution in [1.29, 1.82) is 5.26 Å². The summed E-state index contributed by atoms with van der Waals surface area (Å²) in [5.74, 6) is -0.738. The monoisotopic (exact) mass is 443 g/mol. The van der Waals surface area contributed by atoms with Gasteiger partial charge in [-0.2, -0.15) is 18.4 Å². The number of nitrogens with zero attached hydrogens (tertiary/aromatic N) is 3. The lowest BCUT2D eigenvalue weighted by molar-refractivity contribution is -0.137. The number of hydrogen-bond donors (Lipinski definition) is 0. The third-order valence-electron chi connectivity index (χ3n) is 5.24. The summed E-state index contributed by atoms with van der Waals surface area (Å²) in [4.78, 5) is 29.0. The van der Waals surface area contributed by atoms with Crippen molar-refractivity contribution >= 4 is 17.6 Å². The van der Waals surface area contributed by atoms with Gasteiger partial charge in [0.25, 0.3) is 5.91 Å². The highest BCUT2D eigenvalue weighted by Crippen LogP contribution is 2.42. The molecule has 3 rings (SSSR count). The predicted octanol–water partition coefficient (Wildman–Crippen LogP) is 4.46. The smallest absolute Gasteiger partial charge is 0.374 e. The average Bonchev–Trinajstić information content (AvgIpc) is 2.99. The number of imide groups is 1. The van der Waals surface area contributed by atoms with E-state index in [-0.39, 0.29) is 25.4 Å². The highest BCUT2D eigenvalue weighted by atomic mass is 19.4. The number of carbonyl (C=O) groups is 2. The topological polar surface area (TPSA) is 73.6 Å². The first-order valence-electron chi connectivity index (χ1n) is 9.74. The molecule has 1 unspecified atom stereocenters. The Morgan fingerprint density at radius 2 is 1.88 bits per heavy atom. The van der Waals surface area contributed by atoms with Crippen LogP contribution in [0.2, 0.25) is 0 Å². The largest absolute Gasteiger partial charge is 0.417 e. The Balaban J connectivity index is 2.18. The zero-order chi connectivity index (χ0) is 23.5. The van der Waals surface area contributed by atoms with Gasteiger partial charge in [0.1, 0.15) is 0 Å². The number of amides is 3. The molecule has 1 aliphatic rings. The Labute approximate surface area is 183 Å². The van der Waals surface area contributed by atoms with E-state index in [0.717, 1.165) is 12.1 Å². The maximum absolute atomic E-state index is 13.7. The molecule has 0 aliphatic carbocycles. The molecule has 1 fully saturated rings. The van der Waals surface area contributed by atoms with Crippen molar-refractivity contribution < 1.29 is 27.5 Å². The highest BCUT2D eigenvalue weighted by Gasteiger charge is 2.58. The van der Waals surface area contributed by atoms with Gasteiger partial charge in [0.05, 0.1) is 36.1 Å². The van der Waals surface area contributed by atoms with Crippen LogP contribution in [0.4, 0.5) is 23.7 Å². The number of urea groups is 1. The van der Waals surface area contributed by atoms with E-state index in [1.807, 2.05) is 0 Å². The number of likely N-dealkylation sites (N-methyl/N-ethyl adjacent to an activating group) is 1.